The van der Waals surface area contributed by atoms with Crippen LogP contribution in [0, 0.1) is 0 Å². The van der Waals surface area contributed by atoms with Crippen molar-refractivity contribution in [1.82, 2.24) is 9.88 Å². The van der Waals surface area contributed by atoms with E-state index in [-0.39, 0.29) is 12.1 Å². The Bertz CT molecular complexity index is 477. The number of pyridine rings is 1. The number of rotatable bonds is 3. The third kappa shape index (κ3) is 3.34. The Morgan fingerprint density at radius 2 is 2.00 bits per heavy atom. The summed E-state index contributed by atoms with van der Waals surface area (Å²) in [5.41, 5.74) is 1.21. The van der Waals surface area contributed by atoms with Gasteiger partial charge in [0.05, 0.1) is 0 Å². The van der Waals surface area contributed by atoms with Crippen molar-refractivity contribution in [3.8, 4) is 0 Å². The highest BCUT2D eigenvalue weighted by Crippen LogP contribution is 2.22. The molecule has 1 saturated heterocycles. The molecule has 0 bridgehead atoms. The zero-order valence-electron chi connectivity index (χ0n) is 13.2. The zero-order chi connectivity index (χ0) is 15.6. The molecule has 0 aromatic carbocycles. The molecule has 3 atom stereocenters. The quantitative estimate of drug-likeness (QED) is 0.859. The van der Waals surface area contributed by atoms with Crippen LogP contribution in [0.4, 0.5) is 10.2 Å². The van der Waals surface area contributed by atoms with Crippen molar-refractivity contribution in [2.24, 2.45) is 0 Å². The highest BCUT2D eigenvalue weighted by atomic mass is 19.1. The summed E-state index contributed by atoms with van der Waals surface area (Å²) in [5, 5.41) is 0. The van der Waals surface area contributed by atoms with Crippen LogP contribution in [0.2, 0.25) is 0 Å². The lowest BCUT2D eigenvalue weighted by Gasteiger charge is -2.45. The maximum absolute atomic E-state index is 13.3. The van der Waals surface area contributed by atoms with Crippen molar-refractivity contribution in [1.29, 1.82) is 0 Å². The number of halogens is 1. The molecule has 1 aliphatic heterocycles. The molecule has 5 heteroatoms. The molecular formula is C16H24FN3O. The molecule has 0 N–H and O–H groups in total. The van der Waals surface area contributed by atoms with Gasteiger partial charge in [0.1, 0.15) is 5.82 Å². The number of carbonyl (C=O) groups is 1. The average Bonchev–Trinajstić information content (AvgIpc) is 2.46. The number of carbonyl (C=O) groups excluding carboxylic acids is 1. The highest BCUT2D eigenvalue weighted by Gasteiger charge is 2.35. The van der Waals surface area contributed by atoms with Crippen LogP contribution in [0.3, 0.4) is 0 Å². The molecule has 4 nitrogen and oxygen atoms in total. The van der Waals surface area contributed by atoms with Crippen LogP contribution in [0.5, 0.6) is 0 Å². The fraction of sp³-hybridized carbons (Fsp3) is 0.625. The SMILES string of the molecule is CCc1ccc(N2C[C@@H](C)N(C(=O)C(C)F)[C@@H](C)C2)nc1. The number of aromatic nitrogens is 1. The van der Waals surface area contributed by atoms with Gasteiger partial charge in [-0.3, -0.25) is 4.79 Å². The minimum atomic E-state index is -1.44. The molecule has 0 aliphatic carbocycles. The first-order valence-electron chi connectivity index (χ1n) is 7.60. The second-order valence-corrected chi connectivity index (χ2v) is 5.84. The van der Waals surface area contributed by atoms with E-state index in [2.05, 4.69) is 22.9 Å². The van der Waals surface area contributed by atoms with Gasteiger partial charge in [-0.25, -0.2) is 9.37 Å². The average molecular weight is 293 g/mol. The van der Waals surface area contributed by atoms with Gasteiger partial charge in [0.25, 0.3) is 5.91 Å². The third-order valence-electron chi connectivity index (χ3n) is 4.06. The van der Waals surface area contributed by atoms with Crippen molar-refractivity contribution in [3.05, 3.63) is 23.9 Å². The van der Waals surface area contributed by atoms with Crippen LogP contribution in [-0.2, 0) is 11.2 Å². The van der Waals surface area contributed by atoms with Crippen LogP contribution in [0.25, 0.3) is 0 Å². The fourth-order valence-electron chi connectivity index (χ4n) is 2.96. The number of aryl methyl sites for hydroxylation is 1. The second-order valence-electron chi connectivity index (χ2n) is 5.84. The summed E-state index contributed by atoms with van der Waals surface area (Å²) in [7, 11) is 0. The van der Waals surface area contributed by atoms with Gasteiger partial charge in [0, 0.05) is 31.4 Å². The van der Waals surface area contributed by atoms with Crippen molar-refractivity contribution in [3.63, 3.8) is 0 Å². The zero-order valence-corrected chi connectivity index (χ0v) is 13.2. The number of piperazine rings is 1. The predicted molar refractivity (Wildman–Crippen MR) is 82.2 cm³/mol. The summed E-state index contributed by atoms with van der Waals surface area (Å²) in [6.07, 6.45) is 1.42. The second kappa shape index (κ2) is 6.41. The molecule has 1 amide bonds. The Kier molecular flexibility index (Phi) is 4.80. The van der Waals surface area contributed by atoms with Gasteiger partial charge in [-0.15, -0.1) is 0 Å². The number of anilines is 1. The lowest BCUT2D eigenvalue weighted by atomic mass is 10.1. The maximum Gasteiger partial charge on any atom is 0.257 e. The Hall–Kier alpha value is -1.65. The van der Waals surface area contributed by atoms with Crippen molar-refractivity contribution < 1.29 is 9.18 Å². The van der Waals surface area contributed by atoms with Gasteiger partial charge in [-0.05, 0) is 38.8 Å². The first-order chi connectivity index (χ1) is 9.93. The van der Waals surface area contributed by atoms with Crippen LogP contribution in [0.15, 0.2) is 18.3 Å². The molecule has 0 spiro atoms. The molecule has 1 fully saturated rings. The van der Waals surface area contributed by atoms with E-state index in [1.54, 1.807) is 4.90 Å². The summed E-state index contributed by atoms with van der Waals surface area (Å²) in [6, 6.07) is 4.06. The normalized spacial score (nSPS) is 24.0. The molecule has 1 aliphatic rings. The van der Waals surface area contributed by atoms with E-state index >= 15 is 0 Å². The molecular weight excluding hydrogens is 269 g/mol. The Morgan fingerprint density at radius 3 is 2.43 bits per heavy atom. The number of amides is 1. The maximum atomic E-state index is 13.3. The molecule has 1 aromatic rings. The molecule has 2 rings (SSSR count). The van der Waals surface area contributed by atoms with E-state index < -0.39 is 12.1 Å². The number of hydrogen-bond donors (Lipinski definition) is 0. The largest absolute Gasteiger partial charge is 0.353 e. The van der Waals surface area contributed by atoms with E-state index in [4.69, 9.17) is 0 Å². The summed E-state index contributed by atoms with van der Waals surface area (Å²) in [6.45, 7) is 8.69. The summed E-state index contributed by atoms with van der Waals surface area (Å²) < 4.78 is 13.3. The number of hydrogen-bond acceptors (Lipinski definition) is 3. The van der Waals surface area contributed by atoms with Gasteiger partial charge >= 0.3 is 0 Å². The summed E-state index contributed by atoms with van der Waals surface area (Å²) >= 11 is 0. The standard InChI is InChI=1S/C16H24FN3O/c1-5-14-6-7-15(18-8-14)19-9-11(2)20(12(3)10-19)16(21)13(4)17/h6-8,11-13H,5,9-10H2,1-4H3/t11-,12+,13?. The molecule has 21 heavy (non-hydrogen) atoms. The lowest BCUT2D eigenvalue weighted by Crippen LogP contribution is -2.60. The van der Waals surface area contributed by atoms with Crippen LogP contribution >= 0.6 is 0 Å². The Balaban J connectivity index is 2.11. The monoisotopic (exact) mass is 293 g/mol. The van der Waals surface area contributed by atoms with E-state index in [0.29, 0.717) is 13.1 Å². The van der Waals surface area contributed by atoms with Gasteiger partial charge < -0.3 is 9.80 Å². The van der Waals surface area contributed by atoms with E-state index in [9.17, 15) is 9.18 Å². The van der Waals surface area contributed by atoms with E-state index in [0.717, 1.165) is 12.2 Å². The lowest BCUT2D eigenvalue weighted by molar-refractivity contribution is -0.140. The molecule has 1 unspecified atom stereocenters. The molecule has 1 aromatic heterocycles. The fourth-order valence-corrected chi connectivity index (χ4v) is 2.96. The van der Waals surface area contributed by atoms with Crippen LogP contribution in [0.1, 0.15) is 33.3 Å². The highest BCUT2D eigenvalue weighted by molar-refractivity contribution is 5.81. The Morgan fingerprint density at radius 1 is 1.38 bits per heavy atom. The molecule has 0 radical (unpaired) electrons. The van der Waals surface area contributed by atoms with Crippen molar-refractivity contribution in [2.45, 2.75) is 52.4 Å². The van der Waals surface area contributed by atoms with Crippen LogP contribution < -0.4 is 4.90 Å². The summed E-state index contributed by atoms with van der Waals surface area (Å²) in [4.78, 5) is 20.3. The molecule has 2 heterocycles. The minimum Gasteiger partial charge on any atom is -0.353 e. The van der Waals surface area contributed by atoms with E-state index in [1.165, 1.54) is 12.5 Å². The number of alkyl halides is 1. The van der Waals surface area contributed by atoms with E-state index in [1.807, 2.05) is 26.1 Å². The van der Waals surface area contributed by atoms with Crippen LogP contribution in [-0.4, -0.2) is 47.1 Å². The number of nitrogens with zero attached hydrogens (tertiary/aromatic N) is 3. The van der Waals surface area contributed by atoms with Gasteiger partial charge in [-0.2, -0.15) is 0 Å². The van der Waals surface area contributed by atoms with Gasteiger partial charge in [0.15, 0.2) is 6.17 Å². The smallest absolute Gasteiger partial charge is 0.257 e. The topological polar surface area (TPSA) is 36.4 Å². The molecule has 116 valence electrons. The predicted octanol–water partition coefficient (Wildman–Crippen LogP) is 2.43. The summed E-state index contributed by atoms with van der Waals surface area (Å²) in [5.74, 6) is 0.509. The molecule has 0 saturated carbocycles. The van der Waals surface area contributed by atoms with Gasteiger partial charge in [-0.1, -0.05) is 13.0 Å². The minimum absolute atomic E-state index is 0.0212. The Labute approximate surface area is 126 Å². The third-order valence-corrected chi connectivity index (χ3v) is 4.06. The van der Waals surface area contributed by atoms with Crippen molar-refractivity contribution >= 4 is 11.7 Å². The van der Waals surface area contributed by atoms with Gasteiger partial charge in [0.2, 0.25) is 0 Å². The van der Waals surface area contributed by atoms with Crippen molar-refractivity contribution in [2.75, 3.05) is 18.0 Å². The first kappa shape index (κ1) is 15.7. The first-order valence-corrected chi connectivity index (χ1v) is 7.60.